The second-order valence-corrected chi connectivity index (χ2v) is 6.66. The molecule has 0 fully saturated rings. The van der Waals surface area contributed by atoms with Crippen molar-refractivity contribution in [2.24, 2.45) is 7.05 Å². The number of carbonyl (C=O) groups excluding carboxylic acids is 1. The summed E-state index contributed by atoms with van der Waals surface area (Å²) in [5.74, 6) is -0.146. The van der Waals surface area contributed by atoms with E-state index in [9.17, 15) is 9.59 Å². The third kappa shape index (κ3) is 3.70. The Bertz CT molecular complexity index is 810. The van der Waals surface area contributed by atoms with E-state index in [0.29, 0.717) is 27.7 Å². The minimum Gasteiger partial charge on any atom is -0.351 e. The van der Waals surface area contributed by atoms with Gasteiger partial charge in [0.1, 0.15) is 9.88 Å². The molecule has 2 N–H and O–H groups in total. The second-order valence-electron chi connectivity index (χ2n) is 5.66. The number of rotatable bonds is 6. The zero-order chi connectivity index (χ0) is 17.9. The van der Waals surface area contributed by atoms with E-state index >= 15 is 0 Å². The summed E-state index contributed by atoms with van der Waals surface area (Å²) in [4.78, 5) is 29.8. The van der Waals surface area contributed by atoms with E-state index in [1.54, 1.807) is 14.0 Å². The molecular weight excluding hydrogens is 326 g/mol. The van der Waals surface area contributed by atoms with Gasteiger partial charge in [-0.3, -0.25) is 9.59 Å². The SMILES string of the molecule is CNCCCNC(=O)c1sc(-c2c(C)c(C)nn(C)c2=O)nc1C. The lowest BCUT2D eigenvalue weighted by molar-refractivity contribution is 0.0956. The molecule has 24 heavy (non-hydrogen) atoms. The molecular formula is C16H23N5O2S. The number of aryl methyl sites for hydroxylation is 3. The highest BCUT2D eigenvalue weighted by atomic mass is 32.1. The number of thiazole rings is 1. The first kappa shape index (κ1) is 18.3. The van der Waals surface area contributed by atoms with Gasteiger partial charge in [0.25, 0.3) is 11.5 Å². The number of aromatic nitrogens is 3. The fourth-order valence-corrected chi connectivity index (χ4v) is 3.44. The average molecular weight is 349 g/mol. The Hall–Kier alpha value is -2.06. The summed E-state index contributed by atoms with van der Waals surface area (Å²) in [7, 11) is 3.50. The summed E-state index contributed by atoms with van der Waals surface area (Å²) < 4.78 is 1.31. The lowest BCUT2D eigenvalue weighted by Crippen LogP contribution is -2.26. The number of carbonyl (C=O) groups is 1. The van der Waals surface area contributed by atoms with Crippen molar-refractivity contribution >= 4 is 17.2 Å². The first-order chi connectivity index (χ1) is 11.4. The summed E-state index contributed by atoms with van der Waals surface area (Å²) in [5, 5.41) is 10.7. The van der Waals surface area contributed by atoms with Crippen LogP contribution in [-0.4, -0.2) is 40.8 Å². The number of amides is 1. The molecule has 0 aliphatic rings. The Morgan fingerprint density at radius 2 is 1.92 bits per heavy atom. The molecule has 8 heteroatoms. The zero-order valence-corrected chi connectivity index (χ0v) is 15.5. The van der Waals surface area contributed by atoms with Gasteiger partial charge in [-0.1, -0.05) is 0 Å². The van der Waals surface area contributed by atoms with E-state index in [1.165, 1.54) is 16.0 Å². The average Bonchev–Trinajstić information content (AvgIpc) is 2.91. The molecule has 2 heterocycles. The topological polar surface area (TPSA) is 88.9 Å². The van der Waals surface area contributed by atoms with Crippen molar-refractivity contribution in [3.8, 4) is 10.6 Å². The zero-order valence-electron chi connectivity index (χ0n) is 14.7. The van der Waals surface area contributed by atoms with Crippen LogP contribution in [0.5, 0.6) is 0 Å². The van der Waals surface area contributed by atoms with Gasteiger partial charge in [-0.25, -0.2) is 9.67 Å². The van der Waals surface area contributed by atoms with Gasteiger partial charge in [0.2, 0.25) is 0 Å². The van der Waals surface area contributed by atoms with E-state index in [4.69, 9.17) is 0 Å². The molecule has 0 aliphatic carbocycles. The molecule has 7 nitrogen and oxygen atoms in total. The van der Waals surface area contributed by atoms with E-state index in [1.807, 2.05) is 20.9 Å². The van der Waals surface area contributed by atoms with Crippen molar-refractivity contribution in [1.29, 1.82) is 0 Å². The highest BCUT2D eigenvalue weighted by Gasteiger charge is 2.20. The molecule has 2 aromatic heterocycles. The molecule has 0 saturated heterocycles. The summed E-state index contributed by atoms with van der Waals surface area (Å²) in [6, 6.07) is 0. The lowest BCUT2D eigenvalue weighted by atomic mass is 10.1. The Morgan fingerprint density at radius 1 is 1.21 bits per heavy atom. The third-order valence-electron chi connectivity index (χ3n) is 3.83. The molecule has 0 spiro atoms. The Balaban J connectivity index is 2.33. The Labute approximate surface area is 145 Å². The molecule has 0 radical (unpaired) electrons. The van der Waals surface area contributed by atoms with Gasteiger partial charge in [-0.15, -0.1) is 11.3 Å². The third-order valence-corrected chi connectivity index (χ3v) is 5.00. The van der Waals surface area contributed by atoms with Crippen LogP contribution in [0, 0.1) is 20.8 Å². The molecule has 0 atom stereocenters. The standard InChI is InChI=1S/C16H23N5O2S/c1-9-10(2)20-21(5)16(23)12(9)15-19-11(3)13(24-15)14(22)18-8-6-7-17-4/h17H,6-8H2,1-5H3,(H,18,22). The van der Waals surface area contributed by atoms with Crippen LogP contribution in [0.25, 0.3) is 10.6 Å². The molecule has 1 amide bonds. The first-order valence-corrected chi connectivity index (χ1v) is 8.63. The van der Waals surface area contributed by atoms with E-state index < -0.39 is 0 Å². The summed E-state index contributed by atoms with van der Waals surface area (Å²) in [5.41, 5.74) is 2.53. The Morgan fingerprint density at radius 3 is 2.58 bits per heavy atom. The van der Waals surface area contributed by atoms with E-state index in [2.05, 4.69) is 20.7 Å². The fourth-order valence-electron chi connectivity index (χ4n) is 2.36. The molecule has 0 aromatic carbocycles. The summed E-state index contributed by atoms with van der Waals surface area (Å²) >= 11 is 1.25. The molecule has 0 saturated carbocycles. The van der Waals surface area contributed by atoms with Crippen molar-refractivity contribution < 1.29 is 4.79 Å². The quantitative estimate of drug-likeness (QED) is 0.764. The molecule has 130 valence electrons. The predicted octanol–water partition coefficient (Wildman–Crippen LogP) is 1.17. The van der Waals surface area contributed by atoms with Gasteiger partial charge < -0.3 is 10.6 Å². The molecule has 2 rings (SSSR count). The van der Waals surface area contributed by atoms with Crippen LogP contribution in [0.1, 0.15) is 33.0 Å². The maximum atomic E-state index is 12.4. The van der Waals surface area contributed by atoms with Crippen LogP contribution in [0.2, 0.25) is 0 Å². The van der Waals surface area contributed by atoms with Crippen molar-refractivity contribution in [3.05, 3.63) is 32.2 Å². The van der Waals surface area contributed by atoms with Crippen molar-refractivity contribution in [3.63, 3.8) is 0 Å². The first-order valence-electron chi connectivity index (χ1n) is 7.82. The largest absolute Gasteiger partial charge is 0.351 e. The van der Waals surface area contributed by atoms with Gasteiger partial charge >= 0.3 is 0 Å². The Kier molecular flexibility index (Phi) is 5.84. The van der Waals surface area contributed by atoms with Crippen LogP contribution in [0.15, 0.2) is 4.79 Å². The fraction of sp³-hybridized carbons (Fsp3) is 0.500. The monoisotopic (exact) mass is 349 g/mol. The van der Waals surface area contributed by atoms with E-state index in [-0.39, 0.29) is 11.5 Å². The molecule has 2 aromatic rings. The van der Waals surface area contributed by atoms with Crippen LogP contribution < -0.4 is 16.2 Å². The number of hydrogen-bond acceptors (Lipinski definition) is 6. The number of nitrogens with zero attached hydrogens (tertiary/aromatic N) is 3. The van der Waals surface area contributed by atoms with Crippen LogP contribution >= 0.6 is 11.3 Å². The second kappa shape index (κ2) is 7.67. The van der Waals surface area contributed by atoms with Crippen molar-refractivity contribution in [2.45, 2.75) is 27.2 Å². The van der Waals surface area contributed by atoms with Gasteiger partial charge in [0.15, 0.2) is 0 Å². The van der Waals surface area contributed by atoms with Crippen LogP contribution in [-0.2, 0) is 7.05 Å². The highest BCUT2D eigenvalue weighted by Crippen LogP contribution is 2.28. The summed E-state index contributed by atoms with van der Waals surface area (Å²) in [6.45, 7) is 6.94. The number of nitrogens with one attached hydrogen (secondary N) is 2. The van der Waals surface area contributed by atoms with Crippen molar-refractivity contribution in [2.75, 3.05) is 20.1 Å². The lowest BCUT2D eigenvalue weighted by Gasteiger charge is -2.07. The summed E-state index contributed by atoms with van der Waals surface area (Å²) in [6.07, 6.45) is 0.857. The van der Waals surface area contributed by atoms with Gasteiger partial charge in [0, 0.05) is 13.6 Å². The van der Waals surface area contributed by atoms with Gasteiger partial charge in [0.05, 0.1) is 17.0 Å². The van der Waals surface area contributed by atoms with Crippen LogP contribution in [0.3, 0.4) is 0 Å². The van der Waals surface area contributed by atoms with Gasteiger partial charge in [-0.2, -0.15) is 5.10 Å². The maximum absolute atomic E-state index is 12.4. The van der Waals surface area contributed by atoms with E-state index in [0.717, 1.165) is 24.2 Å². The molecule has 0 unspecified atom stereocenters. The predicted molar refractivity (Wildman–Crippen MR) is 95.7 cm³/mol. The van der Waals surface area contributed by atoms with Crippen molar-refractivity contribution in [1.82, 2.24) is 25.4 Å². The van der Waals surface area contributed by atoms with Gasteiger partial charge in [-0.05, 0) is 46.3 Å². The molecule has 0 bridgehead atoms. The highest BCUT2D eigenvalue weighted by molar-refractivity contribution is 7.17. The smallest absolute Gasteiger partial charge is 0.277 e. The number of hydrogen-bond donors (Lipinski definition) is 2. The maximum Gasteiger partial charge on any atom is 0.277 e. The normalized spacial score (nSPS) is 10.9. The van der Waals surface area contributed by atoms with Crippen LogP contribution in [0.4, 0.5) is 0 Å². The minimum atomic E-state index is -0.201. The molecule has 0 aliphatic heterocycles. The minimum absolute atomic E-state index is 0.146.